The molecule has 1 fully saturated rings. The summed E-state index contributed by atoms with van der Waals surface area (Å²) in [6.07, 6.45) is 6.52. The molecular formula is C16H24N2O. The molecule has 2 rings (SSSR count). The summed E-state index contributed by atoms with van der Waals surface area (Å²) in [7, 11) is 0. The first-order valence-corrected chi connectivity index (χ1v) is 7.41. The van der Waals surface area contributed by atoms with Crippen molar-refractivity contribution in [3.63, 3.8) is 0 Å². The molecule has 0 unspecified atom stereocenters. The second-order valence-corrected chi connectivity index (χ2v) is 5.32. The molecule has 0 saturated heterocycles. The molecule has 0 aromatic heterocycles. The monoisotopic (exact) mass is 260 g/mol. The van der Waals surface area contributed by atoms with Crippen LogP contribution in [0.3, 0.4) is 0 Å². The third-order valence-corrected chi connectivity index (χ3v) is 3.80. The van der Waals surface area contributed by atoms with Crippen molar-refractivity contribution < 1.29 is 4.79 Å². The molecular weight excluding hydrogens is 236 g/mol. The van der Waals surface area contributed by atoms with E-state index in [2.05, 4.69) is 17.6 Å². The van der Waals surface area contributed by atoms with Gasteiger partial charge in [0, 0.05) is 24.3 Å². The fourth-order valence-corrected chi connectivity index (χ4v) is 2.67. The van der Waals surface area contributed by atoms with Gasteiger partial charge >= 0.3 is 0 Å². The molecule has 1 aromatic carbocycles. The van der Waals surface area contributed by atoms with Gasteiger partial charge in [0.1, 0.15) is 0 Å². The zero-order chi connectivity index (χ0) is 13.5. The van der Waals surface area contributed by atoms with Gasteiger partial charge in [-0.15, -0.1) is 0 Å². The van der Waals surface area contributed by atoms with Crippen LogP contribution in [-0.2, 0) is 0 Å². The van der Waals surface area contributed by atoms with E-state index in [4.69, 9.17) is 0 Å². The van der Waals surface area contributed by atoms with E-state index in [0.717, 1.165) is 24.3 Å². The molecule has 1 aliphatic carbocycles. The van der Waals surface area contributed by atoms with Crippen LogP contribution in [0.25, 0.3) is 0 Å². The number of hydrogen-bond acceptors (Lipinski definition) is 2. The predicted molar refractivity (Wildman–Crippen MR) is 79.5 cm³/mol. The minimum atomic E-state index is 0.0496. The van der Waals surface area contributed by atoms with E-state index >= 15 is 0 Å². The molecule has 0 atom stereocenters. The summed E-state index contributed by atoms with van der Waals surface area (Å²) in [6, 6.07) is 7.68. The highest BCUT2D eigenvalue weighted by atomic mass is 16.1. The second kappa shape index (κ2) is 7.17. The number of rotatable bonds is 5. The molecule has 1 saturated carbocycles. The Bertz CT molecular complexity index is 394. The maximum atomic E-state index is 12.0. The minimum absolute atomic E-state index is 0.0496. The van der Waals surface area contributed by atoms with Gasteiger partial charge in [-0.3, -0.25) is 4.79 Å². The average molecular weight is 260 g/mol. The van der Waals surface area contributed by atoms with E-state index in [0.29, 0.717) is 5.92 Å². The molecule has 0 heterocycles. The molecule has 1 amide bonds. The number of amides is 1. The van der Waals surface area contributed by atoms with E-state index in [1.165, 1.54) is 32.1 Å². The van der Waals surface area contributed by atoms with Gasteiger partial charge in [0.25, 0.3) is 5.91 Å². The summed E-state index contributed by atoms with van der Waals surface area (Å²) in [4.78, 5) is 12.0. The first-order chi connectivity index (χ1) is 9.29. The maximum absolute atomic E-state index is 12.0. The lowest BCUT2D eigenvalue weighted by Gasteiger charge is -2.21. The summed E-state index contributed by atoms with van der Waals surface area (Å²) < 4.78 is 0. The zero-order valence-electron chi connectivity index (χ0n) is 11.7. The third kappa shape index (κ3) is 4.27. The highest BCUT2D eigenvalue weighted by Crippen LogP contribution is 2.22. The molecule has 1 aliphatic rings. The van der Waals surface area contributed by atoms with Crippen molar-refractivity contribution in [2.45, 2.75) is 39.0 Å². The molecule has 0 spiro atoms. The highest BCUT2D eigenvalue weighted by Gasteiger charge is 2.14. The van der Waals surface area contributed by atoms with E-state index in [1.807, 2.05) is 24.3 Å². The lowest BCUT2D eigenvalue weighted by Crippen LogP contribution is -2.30. The first kappa shape index (κ1) is 13.9. The number of carbonyl (C=O) groups is 1. The van der Waals surface area contributed by atoms with Gasteiger partial charge in [0.2, 0.25) is 0 Å². The van der Waals surface area contributed by atoms with Gasteiger partial charge in [0.15, 0.2) is 0 Å². The molecule has 104 valence electrons. The van der Waals surface area contributed by atoms with E-state index in [-0.39, 0.29) is 5.91 Å². The fraction of sp³-hybridized carbons (Fsp3) is 0.562. The summed E-state index contributed by atoms with van der Waals surface area (Å²) in [5.74, 6) is 0.729. The summed E-state index contributed by atoms with van der Waals surface area (Å²) in [5, 5.41) is 6.29. The van der Waals surface area contributed by atoms with Crippen LogP contribution < -0.4 is 10.6 Å². The fourth-order valence-electron chi connectivity index (χ4n) is 2.67. The molecule has 0 radical (unpaired) electrons. The Morgan fingerprint density at radius 1 is 1.16 bits per heavy atom. The van der Waals surface area contributed by atoms with E-state index in [1.54, 1.807) is 0 Å². The average Bonchev–Trinajstić information content (AvgIpc) is 2.47. The zero-order valence-corrected chi connectivity index (χ0v) is 11.7. The maximum Gasteiger partial charge on any atom is 0.251 e. The molecule has 3 nitrogen and oxygen atoms in total. The largest absolute Gasteiger partial charge is 0.385 e. The van der Waals surface area contributed by atoms with Crippen molar-refractivity contribution in [3.05, 3.63) is 29.8 Å². The minimum Gasteiger partial charge on any atom is -0.385 e. The van der Waals surface area contributed by atoms with Gasteiger partial charge in [-0.2, -0.15) is 0 Å². The molecule has 19 heavy (non-hydrogen) atoms. The van der Waals surface area contributed by atoms with Crippen LogP contribution in [0, 0.1) is 5.92 Å². The Hall–Kier alpha value is -1.51. The number of hydrogen-bond donors (Lipinski definition) is 2. The predicted octanol–water partition coefficient (Wildman–Crippen LogP) is 3.43. The lowest BCUT2D eigenvalue weighted by molar-refractivity contribution is 0.0943. The molecule has 0 bridgehead atoms. The summed E-state index contributed by atoms with van der Waals surface area (Å²) >= 11 is 0. The quantitative estimate of drug-likeness (QED) is 0.851. The number of nitrogens with one attached hydrogen (secondary N) is 2. The van der Waals surface area contributed by atoms with Crippen molar-refractivity contribution in [2.75, 3.05) is 18.4 Å². The lowest BCUT2D eigenvalue weighted by atomic mass is 9.89. The number of carbonyl (C=O) groups excluding carboxylic acids is 1. The van der Waals surface area contributed by atoms with Crippen molar-refractivity contribution in [2.24, 2.45) is 5.92 Å². The second-order valence-electron chi connectivity index (χ2n) is 5.32. The normalized spacial score (nSPS) is 16.1. The van der Waals surface area contributed by atoms with Crippen molar-refractivity contribution in [1.82, 2.24) is 5.32 Å². The Morgan fingerprint density at radius 2 is 1.84 bits per heavy atom. The van der Waals surface area contributed by atoms with Gasteiger partial charge < -0.3 is 10.6 Å². The number of anilines is 1. The van der Waals surface area contributed by atoms with E-state index < -0.39 is 0 Å². The molecule has 3 heteroatoms. The summed E-state index contributed by atoms with van der Waals surface area (Å²) in [5.41, 5.74) is 1.81. The van der Waals surface area contributed by atoms with Crippen LogP contribution in [0.15, 0.2) is 24.3 Å². The summed E-state index contributed by atoms with van der Waals surface area (Å²) in [6.45, 7) is 3.78. The van der Waals surface area contributed by atoms with Gasteiger partial charge in [-0.05, 0) is 49.9 Å². The van der Waals surface area contributed by atoms with E-state index in [9.17, 15) is 4.79 Å². The Morgan fingerprint density at radius 3 is 2.47 bits per heavy atom. The van der Waals surface area contributed by atoms with Crippen LogP contribution in [0.2, 0.25) is 0 Å². The van der Waals surface area contributed by atoms with Crippen LogP contribution in [0.1, 0.15) is 49.4 Å². The Balaban J connectivity index is 1.81. The van der Waals surface area contributed by atoms with Gasteiger partial charge in [0.05, 0.1) is 0 Å². The topological polar surface area (TPSA) is 41.1 Å². The Kier molecular flexibility index (Phi) is 5.25. The standard InChI is InChI=1S/C16H24N2O/c1-2-17-15-10-8-14(9-11-15)16(19)18-12-13-6-4-3-5-7-13/h8-11,13,17H,2-7,12H2,1H3,(H,18,19). The van der Waals surface area contributed by atoms with Crippen LogP contribution in [0.5, 0.6) is 0 Å². The van der Waals surface area contributed by atoms with Crippen LogP contribution in [0.4, 0.5) is 5.69 Å². The van der Waals surface area contributed by atoms with Gasteiger partial charge in [-0.1, -0.05) is 19.3 Å². The number of benzene rings is 1. The van der Waals surface area contributed by atoms with Crippen LogP contribution in [-0.4, -0.2) is 19.0 Å². The Labute approximate surface area is 115 Å². The molecule has 2 N–H and O–H groups in total. The molecule has 0 aliphatic heterocycles. The molecule has 1 aromatic rings. The third-order valence-electron chi connectivity index (χ3n) is 3.80. The van der Waals surface area contributed by atoms with Crippen molar-refractivity contribution in [1.29, 1.82) is 0 Å². The van der Waals surface area contributed by atoms with Gasteiger partial charge in [-0.25, -0.2) is 0 Å². The smallest absolute Gasteiger partial charge is 0.251 e. The van der Waals surface area contributed by atoms with Crippen molar-refractivity contribution >= 4 is 11.6 Å². The van der Waals surface area contributed by atoms with Crippen LogP contribution >= 0.6 is 0 Å². The first-order valence-electron chi connectivity index (χ1n) is 7.41. The SMILES string of the molecule is CCNc1ccc(C(=O)NCC2CCCCC2)cc1. The highest BCUT2D eigenvalue weighted by molar-refractivity contribution is 5.94. The van der Waals surface area contributed by atoms with Crippen molar-refractivity contribution in [3.8, 4) is 0 Å².